The van der Waals surface area contributed by atoms with E-state index in [0.717, 1.165) is 17.1 Å². The van der Waals surface area contributed by atoms with Crippen molar-refractivity contribution in [1.82, 2.24) is 0 Å². The number of halogens is 1. The lowest BCUT2D eigenvalue weighted by molar-refractivity contribution is 0.0207. The molecule has 0 aliphatic rings. The van der Waals surface area contributed by atoms with Crippen molar-refractivity contribution < 1.29 is 9.13 Å². The van der Waals surface area contributed by atoms with Gasteiger partial charge in [-0.3, -0.25) is 0 Å². The quantitative estimate of drug-likeness (QED) is 0.636. The first kappa shape index (κ1) is 13.3. The topological polar surface area (TPSA) is 35.2 Å². The molecule has 1 rings (SSSR count). The Labute approximate surface area is 100 Å². The lowest BCUT2D eigenvalue weighted by atomic mass is 10.1. The predicted molar refractivity (Wildman–Crippen MR) is 67.2 cm³/mol. The average molecular weight is 243 g/mol. The van der Waals surface area contributed by atoms with Crippen LogP contribution in [0.5, 0.6) is 0 Å². The van der Waals surface area contributed by atoms with E-state index >= 15 is 0 Å². The fourth-order valence-corrected chi connectivity index (χ4v) is 2.29. The molecule has 0 saturated carbocycles. The highest BCUT2D eigenvalue weighted by atomic mass is 32.2. The lowest BCUT2D eigenvalue weighted by Gasteiger charge is -2.22. The van der Waals surface area contributed by atoms with Gasteiger partial charge in [0.25, 0.3) is 0 Å². The minimum Gasteiger partial charge on any atom is -0.396 e. The van der Waals surface area contributed by atoms with Gasteiger partial charge in [-0.25, -0.2) is 4.39 Å². The summed E-state index contributed by atoms with van der Waals surface area (Å²) < 4.78 is 18.5. The Bertz CT molecular complexity index is 355. The molecule has 0 heterocycles. The highest BCUT2D eigenvalue weighted by Crippen LogP contribution is 2.25. The van der Waals surface area contributed by atoms with Crippen molar-refractivity contribution in [2.75, 3.05) is 18.6 Å². The highest BCUT2D eigenvalue weighted by molar-refractivity contribution is 7.99. The minimum absolute atomic E-state index is 0.126. The molecule has 0 radical (unpaired) electrons. The Hall–Kier alpha value is -0.740. The summed E-state index contributed by atoms with van der Waals surface area (Å²) in [5.41, 5.74) is 5.47. The summed E-state index contributed by atoms with van der Waals surface area (Å²) in [6.45, 7) is 4.08. The lowest BCUT2D eigenvalue weighted by Crippen LogP contribution is -2.22. The van der Waals surface area contributed by atoms with Gasteiger partial charge in [0.15, 0.2) is 0 Å². The van der Waals surface area contributed by atoms with Gasteiger partial charge in [0.2, 0.25) is 0 Å². The SMILES string of the molecule is COC(C)(C)CCSc1ccc(N)c(F)c1. The summed E-state index contributed by atoms with van der Waals surface area (Å²) in [6, 6.07) is 4.90. The first-order chi connectivity index (χ1) is 7.44. The van der Waals surface area contributed by atoms with Gasteiger partial charge in [-0.1, -0.05) is 0 Å². The van der Waals surface area contributed by atoms with E-state index in [2.05, 4.69) is 0 Å². The zero-order chi connectivity index (χ0) is 12.2. The number of ether oxygens (including phenoxy) is 1. The second kappa shape index (κ2) is 5.55. The normalized spacial score (nSPS) is 11.8. The second-order valence-electron chi connectivity index (χ2n) is 4.25. The molecule has 0 aliphatic heterocycles. The molecule has 0 bridgehead atoms. The number of nitrogen functional groups attached to an aromatic ring is 1. The van der Waals surface area contributed by atoms with Crippen LogP contribution >= 0.6 is 11.8 Å². The van der Waals surface area contributed by atoms with Crippen molar-refractivity contribution >= 4 is 17.4 Å². The van der Waals surface area contributed by atoms with Crippen LogP contribution in [0.2, 0.25) is 0 Å². The van der Waals surface area contributed by atoms with E-state index in [4.69, 9.17) is 10.5 Å². The number of hydrogen-bond donors (Lipinski definition) is 1. The van der Waals surface area contributed by atoms with Crippen molar-refractivity contribution in [2.24, 2.45) is 0 Å². The number of rotatable bonds is 5. The molecule has 0 fully saturated rings. The molecule has 0 saturated heterocycles. The van der Waals surface area contributed by atoms with Gasteiger partial charge in [0.05, 0.1) is 11.3 Å². The van der Waals surface area contributed by atoms with E-state index in [1.807, 2.05) is 19.9 Å². The smallest absolute Gasteiger partial charge is 0.147 e. The number of methoxy groups -OCH3 is 1. The van der Waals surface area contributed by atoms with E-state index in [-0.39, 0.29) is 17.1 Å². The number of hydrogen-bond acceptors (Lipinski definition) is 3. The van der Waals surface area contributed by atoms with Gasteiger partial charge in [-0.15, -0.1) is 11.8 Å². The Kier molecular flexibility index (Phi) is 4.62. The molecule has 2 N–H and O–H groups in total. The van der Waals surface area contributed by atoms with Crippen LogP contribution in [0.25, 0.3) is 0 Å². The van der Waals surface area contributed by atoms with Gasteiger partial charge in [0.1, 0.15) is 5.82 Å². The number of thioether (sulfide) groups is 1. The molecule has 0 unspecified atom stereocenters. The molecule has 0 atom stereocenters. The first-order valence-electron chi connectivity index (χ1n) is 5.17. The maximum Gasteiger partial charge on any atom is 0.147 e. The molecule has 2 nitrogen and oxygen atoms in total. The number of nitrogens with two attached hydrogens (primary N) is 1. The van der Waals surface area contributed by atoms with Crippen LogP contribution in [-0.2, 0) is 4.74 Å². The van der Waals surface area contributed by atoms with Gasteiger partial charge in [0, 0.05) is 17.8 Å². The third kappa shape index (κ3) is 4.02. The van der Waals surface area contributed by atoms with Crippen molar-refractivity contribution in [3.8, 4) is 0 Å². The van der Waals surface area contributed by atoms with Gasteiger partial charge in [-0.05, 0) is 38.5 Å². The van der Waals surface area contributed by atoms with Crippen molar-refractivity contribution in [3.63, 3.8) is 0 Å². The summed E-state index contributed by atoms with van der Waals surface area (Å²) in [5.74, 6) is 0.542. The molecule has 1 aromatic rings. The molecular weight excluding hydrogens is 225 g/mol. The molecular formula is C12H18FNOS. The molecule has 0 aromatic heterocycles. The highest BCUT2D eigenvalue weighted by Gasteiger charge is 2.15. The van der Waals surface area contributed by atoms with E-state index in [0.29, 0.717) is 0 Å². The fraction of sp³-hybridized carbons (Fsp3) is 0.500. The van der Waals surface area contributed by atoms with Gasteiger partial charge < -0.3 is 10.5 Å². The molecule has 0 aliphatic carbocycles. The second-order valence-corrected chi connectivity index (χ2v) is 5.41. The van der Waals surface area contributed by atoms with Crippen LogP contribution < -0.4 is 5.73 Å². The maximum atomic E-state index is 13.1. The molecule has 16 heavy (non-hydrogen) atoms. The maximum absolute atomic E-state index is 13.1. The summed E-state index contributed by atoms with van der Waals surface area (Å²) in [7, 11) is 1.70. The molecule has 90 valence electrons. The Morgan fingerprint density at radius 3 is 2.69 bits per heavy atom. The Morgan fingerprint density at radius 1 is 1.44 bits per heavy atom. The van der Waals surface area contributed by atoms with Crippen LogP contribution in [0.15, 0.2) is 23.1 Å². The monoisotopic (exact) mass is 243 g/mol. The van der Waals surface area contributed by atoms with Crippen LogP contribution in [0.4, 0.5) is 10.1 Å². The molecule has 0 amide bonds. The Morgan fingerprint density at radius 2 is 2.12 bits per heavy atom. The van der Waals surface area contributed by atoms with Crippen LogP contribution in [-0.4, -0.2) is 18.5 Å². The van der Waals surface area contributed by atoms with Crippen LogP contribution in [0, 0.1) is 5.82 Å². The average Bonchev–Trinajstić information content (AvgIpc) is 2.23. The summed E-state index contributed by atoms with van der Waals surface area (Å²) >= 11 is 1.61. The van der Waals surface area contributed by atoms with Crippen LogP contribution in [0.1, 0.15) is 20.3 Å². The molecule has 0 spiro atoms. The van der Waals surface area contributed by atoms with E-state index in [1.165, 1.54) is 6.07 Å². The molecule has 4 heteroatoms. The van der Waals surface area contributed by atoms with E-state index in [1.54, 1.807) is 24.9 Å². The zero-order valence-electron chi connectivity index (χ0n) is 9.92. The first-order valence-corrected chi connectivity index (χ1v) is 6.16. The molecule has 1 aromatic carbocycles. The van der Waals surface area contributed by atoms with Crippen molar-refractivity contribution in [3.05, 3.63) is 24.0 Å². The van der Waals surface area contributed by atoms with Crippen LogP contribution in [0.3, 0.4) is 0 Å². The summed E-state index contributed by atoms with van der Waals surface area (Å²) in [6.07, 6.45) is 0.917. The fourth-order valence-electron chi connectivity index (χ4n) is 1.11. The third-order valence-electron chi connectivity index (χ3n) is 2.50. The number of anilines is 1. The largest absolute Gasteiger partial charge is 0.396 e. The third-order valence-corrected chi connectivity index (χ3v) is 3.49. The summed E-state index contributed by atoms with van der Waals surface area (Å²) in [5, 5.41) is 0. The van der Waals surface area contributed by atoms with Crippen molar-refractivity contribution in [2.45, 2.75) is 30.8 Å². The standard InChI is InChI=1S/C12H18FNOS/c1-12(2,15-3)6-7-16-9-4-5-11(14)10(13)8-9/h4-5,8H,6-7,14H2,1-3H3. The zero-order valence-corrected chi connectivity index (χ0v) is 10.7. The van der Waals surface area contributed by atoms with E-state index < -0.39 is 0 Å². The van der Waals surface area contributed by atoms with Gasteiger partial charge >= 0.3 is 0 Å². The summed E-state index contributed by atoms with van der Waals surface area (Å²) in [4.78, 5) is 0.901. The van der Waals surface area contributed by atoms with Gasteiger partial charge in [-0.2, -0.15) is 0 Å². The minimum atomic E-state index is -0.351. The van der Waals surface area contributed by atoms with Crippen molar-refractivity contribution in [1.29, 1.82) is 0 Å². The Balaban J connectivity index is 2.46. The number of benzene rings is 1. The van der Waals surface area contributed by atoms with E-state index in [9.17, 15) is 4.39 Å². The predicted octanol–water partition coefficient (Wildman–Crippen LogP) is 3.32.